The number of nitrogens with zero attached hydrogens (tertiary/aromatic N) is 2. The molecule has 0 radical (unpaired) electrons. The topological polar surface area (TPSA) is 27.0 Å². The molecular formula is C13H26N2. The zero-order valence-corrected chi connectivity index (χ0v) is 10.8. The highest BCUT2D eigenvalue weighted by Crippen LogP contribution is 2.20. The molecule has 0 bridgehead atoms. The monoisotopic (exact) mass is 210 g/mol. The second-order valence-corrected chi connectivity index (χ2v) is 5.11. The Balaban J connectivity index is 3.47. The lowest BCUT2D eigenvalue weighted by Gasteiger charge is -2.19. The van der Waals surface area contributed by atoms with Gasteiger partial charge < -0.3 is 4.90 Å². The number of unbranched alkanes of at least 4 members (excludes halogenated alkanes) is 2. The maximum Gasteiger partial charge on any atom is 0.0683 e. The molecule has 15 heavy (non-hydrogen) atoms. The Morgan fingerprint density at radius 3 is 2.27 bits per heavy atom. The summed E-state index contributed by atoms with van der Waals surface area (Å²) >= 11 is 0. The molecule has 0 aliphatic carbocycles. The fourth-order valence-corrected chi connectivity index (χ4v) is 1.59. The zero-order chi connectivity index (χ0) is 11.7. The highest BCUT2D eigenvalue weighted by Gasteiger charge is 2.15. The first kappa shape index (κ1) is 14.5. The smallest absolute Gasteiger partial charge is 0.0683 e. The van der Waals surface area contributed by atoms with Crippen LogP contribution in [-0.2, 0) is 0 Å². The van der Waals surface area contributed by atoms with Gasteiger partial charge in [0.2, 0.25) is 0 Å². The van der Waals surface area contributed by atoms with Gasteiger partial charge in [0.1, 0.15) is 0 Å². The molecule has 0 saturated carbocycles. The van der Waals surface area contributed by atoms with E-state index < -0.39 is 0 Å². The lowest BCUT2D eigenvalue weighted by Crippen LogP contribution is -2.22. The molecule has 0 atom stereocenters. The van der Waals surface area contributed by atoms with E-state index in [1.165, 1.54) is 25.8 Å². The van der Waals surface area contributed by atoms with Crippen LogP contribution in [0.3, 0.4) is 0 Å². The quantitative estimate of drug-likeness (QED) is 0.574. The Bertz CT molecular complexity index is 191. The molecule has 0 aromatic heterocycles. The maximum absolute atomic E-state index is 8.87. The maximum atomic E-state index is 8.87. The molecule has 0 spiro atoms. The summed E-state index contributed by atoms with van der Waals surface area (Å²) in [5.74, 6) is 0. The predicted molar refractivity (Wildman–Crippen MR) is 65.7 cm³/mol. The van der Waals surface area contributed by atoms with E-state index in [4.69, 9.17) is 5.26 Å². The molecule has 88 valence electrons. The number of hydrogen-bond donors (Lipinski definition) is 0. The van der Waals surface area contributed by atoms with Crippen LogP contribution in [0.1, 0.15) is 52.9 Å². The fourth-order valence-electron chi connectivity index (χ4n) is 1.59. The van der Waals surface area contributed by atoms with E-state index >= 15 is 0 Å². The van der Waals surface area contributed by atoms with E-state index in [0.29, 0.717) is 0 Å². The van der Waals surface area contributed by atoms with Crippen LogP contribution in [0.4, 0.5) is 0 Å². The van der Waals surface area contributed by atoms with E-state index in [9.17, 15) is 0 Å². The van der Waals surface area contributed by atoms with Crippen LogP contribution in [0.15, 0.2) is 0 Å². The lowest BCUT2D eigenvalue weighted by molar-refractivity contribution is 0.298. The minimum absolute atomic E-state index is 0.149. The number of rotatable bonds is 8. The van der Waals surface area contributed by atoms with Gasteiger partial charge >= 0.3 is 0 Å². The summed E-state index contributed by atoms with van der Waals surface area (Å²) in [6, 6.07) is 2.35. The summed E-state index contributed by atoms with van der Waals surface area (Å²) in [5, 5.41) is 8.87. The number of hydrogen-bond acceptors (Lipinski definition) is 2. The van der Waals surface area contributed by atoms with E-state index in [1.807, 2.05) is 13.8 Å². The zero-order valence-electron chi connectivity index (χ0n) is 10.8. The Labute approximate surface area is 95.3 Å². The molecule has 2 heteroatoms. The summed E-state index contributed by atoms with van der Waals surface area (Å²) in [5.41, 5.74) is -0.149. The molecule has 0 heterocycles. The molecule has 0 rings (SSSR count). The highest BCUT2D eigenvalue weighted by atomic mass is 15.1. The molecule has 0 aromatic carbocycles. The van der Waals surface area contributed by atoms with E-state index in [-0.39, 0.29) is 5.41 Å². The van der Waals surface area contributed by atoms with Crippen molar-refractivity contribution >= 4 is 0 Å². The minimum atomic E-state index is -0.149. The van der Waals surface area contributed by atoms with Gasteiger partial charge in [0.15, 0.2) is 0 Å². The molecule has 0 aliphatic rings. The van der Waals surface area contributed by atoms with Gasteiger partial charge in [0.05, 0.1) is 11.5 Å². The van der Waals surface area contributed by atoms with Gasteiger partial charge in [0, 0.05) is 0 Å². The first-order valence-corrected chi connectivity index (χ1v) is 6.11. The highest BCUT2D eigenvalue weighted by molar-refractivity contribution is 4.91. The molecule has 0 saturated heterocycles. The van der Waals surface area contributed by atoms with Gasteiger partial charge in [-0.1, -0.05) is 19.8 Å². The largest absolute Gasteiger partial charge is 0.306 e. The third kappa shape index (κ3) is 8.44. The lowest BCUT2D eigenvalue weighted by atomic mass is 9.90. The molecule has 0 aliphatic heterocycles. The van der Waals surface area contributed by atoms with Crippen molar-refractivity contribution < 1.29 is 0 Å². The van der Waals surface area contributed by atoms with Gasteiger partial charge in [-0.15, -0.1) is 0 Å². The molecular weight excluding hydrogens is 184 g/mol. The summed E-state index contributed by atoms with van der Waals surface area (Å²) in [4.78, 5) is 2.38. The van der Waals surface area contributed by atoms with Crippen molar-refractivity contribution in [1.82, 2.24) is 4.90 Å². The summed E-state index contributed by atoms with van der Waals surface area (Å²) < 4.78 is 0. The van der Waals surface area contributed by atoms with E-state index in [1.54, 1.807) is 0 Å². The fraction of sp³-hybridized carbons (Fsp3) is 0.923. The van der Waals surface area contributed by atoms with Crippen molar-refractivity contribution in [2.24, 2.45) is 5.41 Å². The second kappa shape index (κ2) is 7.70. The SMILES string of the molecule is CCCCCN(C)CCCC(C)(C)C#N. The third-order valence-electron chi connectivity index (χ3n) is 2.79. The summed E-state index contributed by atoms with van der Waals surface area (Å²) in [6.07, 6.45) is 6.04. The molecule has 0 fully saturated rings. The molecule has 0 amide bonds. The van der Waals surface area contributed by atoms with Gasteiger partial charge in [0.25, 0.3) is 0 Å². The van der Waals surface area contributed by atoms with Crippen molar-refractivity contribution in [2.75, 3.05) is 20.1 Å². The van der Waals surface area contributed by atoms with Gasteiger partial charge in [-0.05, 0) is 53.2 Å². The normalized spacial score (nSPS) is 11.7. The van der Waals surface area contributed by atoms with Crippen LogP contribution in [0.5, 0.6) is 0 Å². The minimum Gasteiger partial charge on any atom is -0.306 e. The van der Waals surface area contributed by atoms with Gasteiger partial charge in [-0.3, -0.25) is 0 Å². The van der Waals surface area contributed by atoms with Crippen molar-refractivity contribution in [3.8, 4) is 6.07 Å². The number of nitriles is 1. The van der Waals surface area contributed by atoms with E-state index in [2.05, 4.69) is 24.9 Å². The Kier molecular flexibility index (Phi) is 7.42. The van der Waals surface area contributed by atoms with Crippen molar-refractivity contribution in [2.45, 2.75) is 52.9 Å². The Morgan fingerprint density at radius 1 is 1.13 bits per heavy atom. The van der Waals surface area contributed by atoms with Crippen molar-refractivity contribution in [3.63, 3.8) is 0 Å². The van der Waals surface area contributed by atoms with Crippen LogP contribution < -0.4 is 0 Å². The standard InChI is InChI=1S/C13H26N2/c1-5-6-7-10-15(4)11-8-9-13(2,3)12-14/h5-11H2,1-4H3. The second-order valence-electron chi connectivity index (χ2n) is 5.11. The molecule has 0 unspecified atom stereocenters. The average molecular weight is 210 g/mol. The van der Waals surface area contributed by atoms with Gasteiger partial charge in [-0.2, -0.15) is 5.26 Å². The first-order valence-electron chi connectivity index (χ1n) is 6.11. The van der Waals surface area contributed by atoms with E-state index in [0.717, 1.165) is 19.4 Å². The van der Waals surface area contributed by atoms with Crippen LogP contribution in [-0.4, -0.2) is 25.0 Å². The van der Waals surface area contributed by atoms with Crippen LogP contribution >= 0.6 is 0 Å². The molecule has 0 N–H and O–H groups in total. The van der Waals surface area contributed by atoms with Crippen LogP contribution in [0.25, 0.3) is 0 Å². The van der Waals surface area contributed by atoms with Crippen molar-refractivity contribution in [1.29, 1.82) is 5.26 Å². The summed E-state index contributed by atoms with van der Waals surface area (Å²) in [7, 11) is 2.18. The van der Waals surface area contributed by atoms with Gasteiger partial charge in [-0.25, -0.2) is 0 Å². The molecule has 2 nitrogen and oxygen atoms in total. The molecule has 0 aromatic rings. The first-order chi connectivity index (χ1) is 7.02. The van der Waals surface area contributed by atoms with Crippen LogP contribution in [0, 0.1) is 16.7 Å². The van der Waals surface area contributed by atoms with Crippen LogP contribution in [0.2, 0.25) is 0 Å². The predicted octanol–water partition coefficient (Wildman–Crippen LogP) is 3.44. The average Bonchev–Trinajstić information content (AvgIpc) is 2.18. The summed E-state index contributed by atoms with van der Waals surface area (Å²) in [6.45, 7) is 8.58. The Morgan fingerprint density at radius 2 is 1.73 bits per heavy atom. The van der Waals surface area contributed by atoms with Crippen molar-refractivity contribution in [3.05, 3.63) is 0 Å². The third-order valence-corrected chi connectivity index (χ3v) is 2.79. The Hall–Kier alpha value is -0.550.